The first-order chi connectivity index (χ1) is 12.6. The van der Waals surface area contributed by atoms with Gasteiger partial charge in [0.2, 0.25) is 10.0 Å². The van der Waals surface area contributed by atoms with Crippen LogP contribution in [-0.4, -0.2) is 45.8 Å². The minimum Gasteiger partial charge on any atom is -0.324 e. The summed E-state index contributed by atoms with van der Waals surface area (Å²) in [5.74, 6) is -0.524. The van der Waals surface area contributed by atoms with E-state index in [1.807, 2.05) is 7.05 Å². The summed E-state index contributed by atoms with van der Waals surface area (Å²) in [6, 6.07) is 12.0. The number of benzene rings is 2. The molecule has 0 bridgehead atoms. The first kappa shape index (κ1) is 21.0. The molecule has 0 saturated carbocycles. The summed E-state index contributed by atoms with van der Waals surface area (Å²) in [7, 11) is 1.22. The van der Waals surface area contributed by atoms with Crippen molar-refractivity contribution in [3.63, 3.8) is 0 Å². The van der Waals surface area contributed by atoms with Crippen molar-refractivity contribution in [3.05, 3.63) is 59.9 Å². The topological polar surface area (TPSA) is 70.9 Å². The van der Waals surface area contributed by atoms with Crippen LogP contribution in [0.5, 0.6) is 0 Å². The molecule has 1 amide bonds. The summed E-state index contributed by atoms with van der Waals surface area (Å²) < 4.78 is 38.6. The number of sulfonamides is 1. The molecule has 27 heavy (non-hydrogen) atoms. The molecule has 0 heterocycles. The third-order valence-corrected chi connectivity index (χ3v) is 6.22. The van der Waals surface area contributed by atoms with Gasteiger partial charge in [-0.1, -0.05) is 18.2 Å². The van der Waals surface area contributed by atoms with Crippen molar-refractivity contribution >= 4 is 21.6 Å². The summed E-state index contributed by atoms with van der Waals surface area (Å²) in [5, 5.41) is 2.77. The van der Waals surface area contributed by atoms with Crippen LogP contribution in [0.4, 0.5) is 10.1 Å². The number of quaternary nitrogens is 1. The zero-order chi connectivity index (χ0) is 20.2. The first-order valence-corrected chi connectivity index (χ1v) is 9.95. The van der Waals surface area contributed by atoms with Crippen LogP contribution in [0.25, 0.3) is 0 Å². The van der Waals surface area contributed by atoms with E-state index in [-0.39, 0.29) is 22.7 Å². The van der Waals surface area contributed by atoms with E-state index < -0.39 is 10.0 Å². The summed E-state index contributed by atoms with van der Waals surface area (Å²) in [6.45, 7) is 2.35. The molecule has 2 aromatic carbocycles. The lowest BCUT2D eigenvalue weighted by Gasteiger charge is -2.21. The number of carbonyl (C=O) groups excluding carboxylic acids is 1. The Balaban J connectivity index is 2.06. The average molecular weight is 394 g/mol. The van der Waals surface area contributed by atoms with Gasteiger partial charge in [-0.15, -0.1) is 0 Å². The molecular weight excluding hydrogens is 369 g/mol. The van der Waals surface area contributed by atoms with Crippen molar-refractivity contribution < 1.29 is 22.5 Å². The fourth-order valence-corrected chi connectivity index (χ4v) is 3.44. The molecule has 0 aliphatic heterocycles. The van der Waals surface area contributed by atoms with Gasteiger partial charge in [0.15, 0.2) is 6.04 Å². The van der Waals surface area contributed by atoms with Crippen LogP contribution in [0.1, 0.15) is 12.5 Å². The number of hydrogen-bond acceptors (Lipinski definition) is 3. The Bertz CT molecular complexity index is 899. The Labute approximate surface area is 159 Å². The highest BCUT2D eigenvalue weighted by molar-refractivity contribution is 7.89. The molecule has 2 atom stereocenters. The van der Waals surface area contributed by atoms with Gasteiger partial charge in [0.1, 0.15) is 12.4 Å². The number of carbonyl (C=O) groups is 1. The van der Waals surface area contributed by atoms with Crippen LogP contribution in [-0.2, 0) is 21.4 Å². The van der Waals surface area contributed by atoms with Gasteiger partial charge in [-0.2, -0.15) is 0 Å². The van der Waals surface area contributed by atoms with Crippen molar-refractivity contribution in [1.82, 2.24) is 4.31 Å². The summed E-state index contributed by atoms with van der Waals surface area (Å²) in [5.41, 5.74) is 1.34. The van der Waals surface area contributed by atoms with Crippen molar-refractivity contribution in [3.8, 4) is 0 Å². The SMILES string of the molecule is C[C@H](C(=O)Nc1cccc(S(=O)(=O)N(C)C)c1)[NH+](C)Cc1ccc(F)cc1. The number of hydrogen-bond donors (Lipinski definition) is 2. The molecule has 8 heteroatoms. The van der Waals surface area contributed by atoms with Crippen LogP contribution in [0.15, 0.2) is 53.4 Å². The van der Waals surface area contributed by atoms with Gasteiger partial charge in [-0.25, -0.2) is 17.1 Å². The van der Waals surface area contributed by atoms with Gasteiger partial charge < -0.3 is 10.2 Å². The summed E-state index contributed by atoms with van der Waals surface area (Å²) in [4.78, 5) is 13.6. The predicted octanol–water partition coefficient (Wildman–Crippen LogP) is 1.12. The maximum absolute atomic E-state index is 13.0. The standard InChI is InChI=1S/C19H24FN3O3S/c1-14(23(4)13-15-8-10-16(20)11-9-15)19(24)21-17-6-5-7-18(12-17)27(25,26)22(2)3/h5-12,14H,13H2,1-4H3,(H,21,24)/p+1/t14-/m1/s1. The fraction of sp³-hybridized carbons (Fsp3) is 0.316. The molecule has 2 rings (SSSR count). The predicted molar refractivity (Wildman–Crippen MR) is 102 cm³/mol. The molecule has 0 saturated heterocycles. The third kappa shape index (κ3) is 5.35. The molecule has 1 unspecified atom stereocenters. The quantitative estimate of drug-likeness (QED) is 0.739. The smallest absolute Gasteiger partial charge is 0.282 e. The first-order valence-electron chi connectivity index (χ1n) is 8.51. The number of likely N-dealkylation sites (N-methyl/N-ethyl adjacent to an activating group) is 1. The Hall–Kier alpha value is -2.29. The zero-order valence-corrected chi connectivity index (χ0v) is 16.7. The Morgan fingerprint density at radius 1 is 1.19 bits per heavy atom. The van der Waals surface area contributed by atoms with Crippen molar-refractivity contribution in [2.45, 2.75) is 24.4 Å². The van der Waals surface area contributed by atoms with Crippen molar-refractivity contribution in [2.24, 2.45) is 0 Å². The number of nitrogens with zero attached hydrogens (tertiary/aromatic N) is 1. The Kier molecular flexibility index (Phi) is 6.69. The van der Waals surface area contributed by atoms with E-state index in [0.717, 1.165) is 14.8 Å². The van der Waals surface area contributed by atoms with E-state index in [1.165, 1.54) is 38.4 Å². The van der Waals surface area contributed by atoms with Gasteiger partial charge in [0.05, 0.1) is 11.9 Å². The van der Waals surface area contributed by atoms with Gasteiger partial charge in [-0.05, 0) is 37.3 Å². The van der Waals surface area contributed by atoms with Gasteiger partial charge >= 0.3 is 0 Å². The second kappa shape index (κ2) is 8.60. The molecule has 0 aliphatic carbocycles. The summed E-state index contributed by atoms with van der Waals surface area (Å²) in [6.07, 6.45) is 0. The van der Waals surface area contributed by atoms with Crippen LogP contribution in [0.3, 0.4) is 0 Å². The monoisotopic (exact) mass is 394 g/mol. The lowest BCUT2D eigenvalue weighted by Crippen LogP contribution is -3.12. The molecule has 0 fully saturated rings. The average Bonchev–Trinajstić information content (AvgIpc) is 2.63. The number of amides is 1. The molecular formula is C19H25FN3O3S+. The molecule has 6 nitrogen and oxygen atoms in total. The van der Waals surface area contributed by atoms with E-state index in [4.69, 9.17) is 0 Å². The van der Waals surface area contributed by atoms with Crippen LogP contribution >= 0.6 is 0 Å². The Morgan fingerprint density at radius 2 is 1.81 bits per heavy atom. The number of halogens is 1. The van der Waals surface area contributed by atoms with Crippen molar-refractivity contribution in [1.29, 1.82) is 0 Å². The highest BCUT2D eigenvalue weighted by Gasteiger charge is 2.23. The minimum atomic E-state index is -3.57. The number of anilines is 1. The molecule has 0 spiro atoms. The van der Waals surface area contributed by atoms with E-state index in [0.29, 0.717) is 12.2 Å². The van der Waals surface area contributed by atoms with Crippen LogP contribution in [0, 0.1) is 5.82 Å². The number of nitrogens with one attached hydrogen (secondary N) is 2. The molecule has 2 aromatic rings. The van der Waals surface area contributed by atoms with E-state index in [2.05, 4.69) is 5.32 Å². The second-order valence-electron chi connectivity index (χ2n) is 6.68. The second-order valence-corrected chi connectivity index (χ2v) is 8.83. The zero-order valence-electron chi connectivity index (χ0n) is 15.9. The van der Waals surface area contributed by atoms with Gasteiger partial charge in [0.25, 0.3) is 5.91 Å². The summed E-state index contributed by atoms with van der Waals surface area (Å²) >= 11 is 0. The minimum absolute atomic E-state index is 0.116. The Morgan fingerprint density at radius 3 is 2.41 bits per heavy atom. The van der Waals surface area contributed by atoms with Crippen LogP contribution in [0.2, 0.25) is 0 Å². The molecule has 0 aliphatic rings. The highest BCUT2D eigenvalue weighted by atomic mass is 32.2. The van der Waals surface area contributed by atoms with Gasteiger partial charge in [-0.3, -0.25) is 4.79 Å². The largest absolute Gasteiger partial charge is 0.324 e. The maximum atomic E-state index is 13.0. The maximum Gasteiger partial charge on any atom is 0.282 e. The van der Waals surface area contributed by atoms with Gasteiger partial charge in [0, 0.05) is 25.3 Å². The van der Waals surface area contributed by atoms with E-state index >= 15 is 0 Å². The lowest BCUT2D eigenvalue weighted by atomic mass is 10.2. The molecule has 0 aromatic heterocycles. The molecule has 2 N–H and O–H groups in total. The normalized spacial score (nSPS) is 14.0. The lowest BCUT2D eigenvalue weighted by molar-refractivity contribution is -0.907. The molecule has 0 radical (unpaired) electrons. The third-order valence-electron chi connectivity index (χ3n) is 4.41. The molecule has 146 valence electrons. The van der Waals surface area contributed by atoms with Crippen LogP contribution < -0.4 is 10.2 Å². The van der Waals surface area contributed by atoms with Crippen molar-refractivity contribution in [2.75, 3.05) is 26.5 Å². The number of rotatable bonds is 7. The highest BCUT2D eigenvalue weighted by Crippen LogP contribution is 2.18. The fourth-order valence-electron chi connectivity index (χ4n) is 2.50. The van der Waals surface area contributed by atoms with E-state index in [9.17, 15) is 17.6 Å². The van der Waals surface area contributed by atoms with E-state index in [1.54, 1.807) is 31.2 Å².